The maximum Gasteiger partial charge on any atom is 0.220 e. The number of rotatable bonds is 6. The van der Waals surface area contributed by atoms with Crippen LogP contribution >= 0.6 is 15.9 Å². The molecule has 0 radical (unpaired) electrons. The molecule has 0 bridgehead atoms. The fourth-order valence-corrected chi connectivity index (χ4v) is 1.99. The molecule has 0 saturated carbocycles. The molecule has 1 rings (SSSR count). The molecule has 1 amide bonds. The van der Waals surface area contributed by atoms with E-state index in [1.807, 2.05) is 25.1 Å². The van der Waals surface area contributed by atoms with Crippen LogP contribution in [0.3, 0.4) is 0 Å². The highest BCUT2D eigenvalue weighted by Gasteiger charge is 2.07. The lowest BCUT2D eigenvalue weighted by Crippen LogP contribution is -2.28. The van der Waals surface area contributed by atoms with Crippen molar-refractivity contribution in [3.8, 4) is 0 Å². The van der Waals surface area contributed by atoms with Crippen molar-refractivity contribution in [3.63, 3.8) is 0 Å². The third kappa shape index (κ3) is 5.33. The highest BCUT2D eigenvalue weighted by atomic mass is 79.9. The molecule has 17 heavy (non-hydrogen) atoms. The maximum absolute atomic E-state index is 11.5. The van der Waals surface area contributed by atoms with Gasteiger partial charge in [-0.25, -0.2) is 0 Å². The van der Waals surface area contributed by atoms with Gasteiger partial charge in [0.15, 0.2) is 0 Å². The molecule has 0 heterocycles. The highest BCUT2D eigenvalue weighted by Crippen LogP contribution is 2.15. The van der Waals surface area contributed by atoms with Crippen LogP contribution in [0.5, 0.6) is 0 Å². The second-order valence-corrected chi connectivity index (χ2v) is 5.09. The summed E-state index contributed by atoms with van der Waals surface area (Å²) >= 11 is 3.49. The summed E-state index contributed by atoms with van der Waals surface area (Å²) in [5, 5.41) is 2.91. The minimum absolute atomic E-state index is 0.0787. The van der Waals surface area contributed by atoms with Gasteiger partial charge in [0, 0.05) is 17.4 Å². The Balaban J connectivity index is 2.29. The smallest absolute Gasteiger partial charge is 0.220 e. The number of nitrogens with two attached hydrogens (primary N) is 1. The summed E-state index contributed by atoms with van der Waals surface area (Å²) in [6, 6.07) is 8.04. The fraction of sp³-hybridized carbons (Fsp3) is 0.462. The average Bonchev–Trinajstić information content (AvgIpc) is 2.31. The SMILES string of the molecule is CC(CN)CC(=O)NCCc1ccccc1Br. The van der Waals surface area contributed by atoms with E-state index in [0.717, 1.165) is 10.9 Å². The van der Waals surface area contributed by atoms with E-state index in [-0.39, 0.29) is 11.8 Å². The van der Waals surface area contributed by atoms with Gasteiger partial charge in [-0.3, -0.25) is 4.79 Å². The van der Waals surface area contributed by atoms with Crippen LogP contribution in [0.1, 0.15) is 18.9 Å². The van der Waals surface area contributed by atoms with E-state index in [1.54, 1.807) is 0 Å². The van der Waals surface area contributed by atoms with Crippen LogP contribution in [-0.2, 0) is 11.2 Å². The number of carbonyl (C=O) groups excluding carboxylic acids is 1. The molecule has 1 aromatic carbocycles. The first-order valence-electron chi connectivity index (χ1n) is 5.83. The predicted octanol–water partition coefficient (Wildman–Crippen LogP) is 2.09. The lowest BCUT2D eigenvalue weighted by atomic mass is 10.1. The molecule has 0 aromatic heterocycles. The molecule has 1 aromatic rings. The molecule has 1 unspecified atom stereocenters. The zero-order chi connectivity index (χ0) is 12.7. The van der Waals surface area contributed by atoms with Gasteiger partial charge in [-0.1, -0.05) is 41.1 Å². The van der Waals surface area contributed by atoms with Gasteiger partial charge >= 0.3 is 0 Å². The molecule has 94 valence electrons. The van der Waals surface area contributed by atoms with E-state index < -0.39 is 0 Å². The van der Waals surface area contributed by atoms with Crippen LogP contribution < -0.4 is 11.1 Å². The third-order valence-corrected chi connectivity index (χ3v) is 3.38. The van der Waals surface area contributed by atoms with Crippen molar-refractivity contribution in [3.05, 3.63) is 34.3 Å². The van der Waals surface area contributed by atoms with E-state index in [1.165, 1.54) is 5.56 Å². The van der Waals surface area contributed by atoms with E-state index in [9.17, 15) is 4.79 Å². The minimum atomic E-state index is 0.0787. The Bertz CT molecular complexity index is 368. The molecule has 0 aliphatic carbocycles. The molecule has 0 aliphatic heterocycles. The number of amides is 1. The summed E-state index contributed by atoms with van der Waals surface area (Å²) in [6.07, 6.45) is 1.34. The Kier molecular flexibility index (Phi) is 6.22. The van der Waals surface area contributed by atoms with Gasteiger partial charge in [0.2, 0.25) is 5.91 Å². The van der Waals surface area contributed by atoms with E-state index in [0.29, 0.717) is 19.5 Å². The van der Waals surface area contributed by atoms with Gasteiger partial charge in [0.1, 0.15) is 0 Å². The second-order valence-electron chi connectivity index (χ2n) is 4.24. The number of hydrogen-bond acceptors (Lipinski definition) is 2. The fourth-order valence-electron chi connectivity index (χ4n) is 1.51. The molecule has 3 nitrogen and oxygen atoms in total. The third-order valence-electron chi connectivity index (χ3n) is 2.61. The molecule has 3 N–H and O–H groups in total. The lowest BCUT2D eigenvalue weighted by molar-refractivity contribution is -0.121. The van der Waals surface area contributed by atoms with Gasteiger partial charge < -0.3 is 11.1 Å². The average molecular weight is 299 g/mol. The van der Waals surface area contributed by atoms with Crippen molar-refractivity contribution in [2.75, 3.05) is 13.1 Å². The van der Waals surface area contributed by atoms with Crippen molar-refractivity contribution in [1.82, 2.24) is 5.32 Å². The van der Waals surface area contributed by atoms with E-state index in [2.05, 4.69) is 27.3 Å². The number of carbonyl (C=O) groups is 1. The predicted molar refractivity (Wildman–Crippen MR) is 73.7 cm³/mol. The summed E-state index contributed by atoms with van der Waals surface area (Å²) in [7, 11) is 0. The molecule has 0 saturated heterocycles. The van der Waals surface area contributed by atoms with Crippen LogP contribution in [0, 0.1) is 5.92 Å². The quantitative estimate of drug-likeness (QED) is 0.845. The first-order chi connectivity index (χ1) is 8.13. The molecule has 0 aliphatic rings. The maximum atomic E-state index is 11.5. The van der Waals surface area contributed by atoms with E-state index in [4.69, 9.17) is 5.73 Å². The zero-order valence-corrected chi connectivity index (χ0v) is 11.7. The Hall–Kier alpha value is -0.870. The number of nitrogens with one attached hydrogen (secondary N) is 1. The summed E-state index contributed by atoms with van der Waals surface area (Å²) in [6.45, 7) is 3.20. The van der Waals surface area contributed by atoms with Gasteiger partial charge in [0.25, 0.3) is 0 Å². The first kappa shape index (κ1) is 14.2. The van der Waals surface area contributed by atoms with Gasteiger partial charge in [0.05, 0.1) is 0 Å². The lowest BCUT2D eigenvalue weighted by Gasteiger charge is -2.09. The molecule has 0 fully saturated rings. The molecule has 4 heteroatoms. The molecule has 1 atom stereocenters. The van der Waals surface area contributed by atoms with Crippen molar-refractivity contribution in [2.24, 2.45) is 11.7 Å². The zero-order valence-electron chi connectivity index (χ0n) is 10.1. The van der Waals surface area contributed by atoms with Gasteiger partial charge in [-0.2, -0.15) is 0 Å². The summed E-state index contributed by atoms with van der Waals surface area (Å²) in [5.74, 6) is 0.327. The highest BCUT2D eigenvalue weighted by molar-refractivity contribution is 9.10. The topological polar surface area (TPSA) is 55.1 Å². The van der Waals surface area contributed by atoms with Gasteiger partial charge in [-0.05, 0) is 30.5 Å². The van der Waals surface area contributed by atoms with Crippen LogP contribution in [-0.4, -0.2) is 19.0 Å². The number of halogens is 1. The molecular weight excluding hydrogens is 280 g/mol. The number of hydrogen-bond donors (Lipinski definition) is 2. The molecular formula is C13H19BrN2O. The Morgan fingerprint density at radius 2 is 2.18 bits per heavy atom. The van der Waals surface area contributed by atoms with Crippen LogP contribution in [0.4, 0.5) is 0 Å². The van der Waals surface area contributed by atoms with Gasteiger partial charge in [-0.15, -0.1) is 0 Å². The Morgan fingerprint density at radius 3 is 2.82 bits per heavy atom. The Labute approximate surface area is 111 Å². The molecule has 0 spiro atoms. The van der Waals surface area contributed by atoms with Crippen molar-refractivity contribution >= 4 is 21.8 Å². The largest absolute Gasteiger partial charge is 0.356 e. The van der Waals surface area contributed by atoms with Crippen molar-refractivity contribution < 1.29 is 4.79 Å². The number of benzene rings is 1. The van der Waals surface area contributed by atoms with Crippen LogP contribution in [0.25, 0.3) is 0 Å². The minimum Gasteiger partial charge on any atom is -0.356 e. The van der Waals surface area contributed by atoms with Crippen LogP contribution in [0.2, 0.25) is 0 Å². The normalized spacial score (nSPS) is 12.2. The standard InChI is InChI=1S/C13H19BrN2O/c1-10(9-15)8-13(17)16-7-6-11-4-2-3-5-12(11)14/h2-5,10H,6-9,15H2,1H3,(H,16,17). The summed E-state index contributed by atoms with van der Waals surface area (Å²) in [4.78, 5) is 11.5. The van der Waals surface area contributed by atoms with E-state index >= 15 is 0 Å². The monoisotopic (exact) mass is 298 g/mol. The Morgan fingerprint density at radius 1 is 1.47 bits per heavy atom. The second kappa shape index (κ2) is 7.45. The summed E-state index contributed by atoms with van der Waals surface area (Å²) in [5.41, 5.74) is 6.68. The first-order valence-corrected chi connectivity index (χ1v) is 6.63. The van der Waals surface area contributed by atoms with Crippen molar-refractivity contribution in [1.29, 1.82) is 0 Å². The van der Waals surface area contributed by atoms with Crippen LogP contribution in [0.15, 0.2) is 28.7 Å². The summed E-state index contributed by atoms with van der Waals surface area (Å²) < 4.78 is 1.09. The van der Waals surface area contributed by atoms with Crippen molar-refractivity contribution in [2.45, 2.75) is 19.8 Å².